The number of anilines is 1. The highest BCUT2D eigenvalue weighted by atomic mass is 15.1. The van der Waals surface area contributed by atoms with Gasteiger partial charge in [0.2, 0.25) is 0 Å². The van der Waals surface area contributed by atoms with Gasteiger partial charge >= 0.3 is 0 Å². The highest BCUT2D eigenvalue weighted by molar-refractivity contribution is 5.54. The molecule has 0 saturated carbocycles. The number of nitrogens with two attached hydrogens (primary N) is 1. The van der Waals surface area contributed by atoms with Gasteiger partial charge in [0.15, 0.2) is 0 Å². The van der Waals surface area contributed by atoms with Gasteiger partial charge in [0.25, 0.3) is 0 Å². The topological polar surface area (TPSA) is 29.3 Å². The smallest absolute Gasteiger partial charge is 0.0396 e. The average Bonchev–Trinajstić information content (AvgIpc) is 2.25. The SMILES string of the molecule is Cc1cc(CN)ccc1N(C)C(C)C(C)(C)C. The third-order valence-corrected chi connectivity index (χ3v) is 3.71. The summed E-state index contributed by atoms with van der Waals surface area (Å²) >= 11 is 0. The van der Waals surface area contributed by atoms with Crippen LogP contribution in [-0.4, -0.2) is 13.1 Å². The molecule has 17 heavy (non-hydrogen) atoms. The summed E-state index contributed by atoms with van der Waals surface area (Å²) in [6, 6.07) is 6.97. The molecule has 2 nitrogen and oxygen atoms in total. The number of aryl methyl sites for hydroxylation is 1. The van der Waals surface area contributed by atoms with Crippen molar-refractivity contribution in [1.29, 1.82) is 0 Å². The first kappa shape index (κ1) is 14.0. The fraction of sp³-hybridized carbons (Fsp3) is 0.600. The molecule has 0 saturated heterocycles. The molecule has 0 bridgehead atoms. The second-order valence-electron chi connectivity index (χ2n) is 5.98. The van der Waals surface area contributed by atoms with Crippen molar-refractivity contribution in [2.24, 2.45) is 11.1 Å². The van der Waals surface area contributed by atoms with Gasteiger partial charge in [-0.2, -0.15) is 0 Å². The summed E-state index contributed by atoms with van der Waals surface area (Å²) < 4.78 is 0. The monoisotopic (exact) mass is 234 g/mol. The van der Waals surface area contributed by atoms with Crippen molar-refractivity contribution in [2.45, 2.75) is 47.2 Å². The third-order valence-electron chi connectivity index (χ3n) is 3.71. The maximum absolute atomic E-state index is 5.66. The Morgan fingerprint density at radius 1 is 1.29 bits per heavy atom. The molecule has 0 amide bonds. The fourth-order valence-electron chi connectivity index (χ4n) is 2.03. The number of hydrogen-bond acceptors (Lipinski definition) is 2. The summed E-state index contributed by atoms with van der Waals surface area (Å²) in [6.45, 7) is 11.9. The molecule has 2 N–H and O–H groups in total. The molecule has 96 valence electrons. The van der Waals surface area contributed by atoms with Crippen molar-refractivity contribution >= 4 is 5.69 Å². The lowest BCUT2D eigenvalue weighted by Crippen LogP contribution is -2.39. The molecular weight excluding hydrogens is 208 g/mol. The van der Waals surface area contributed by atoms with E-state index in [0.29, 0.717) is 12.6 Å². The summed E-state index contributed by atoms with van der Waals surface area (Å²) in [5.74, 6) is 0. The van der Waals surface area contributed by atoms with E-state index in [2.05, 4.69) is 64.8 Å². The standard InChI is InChI=1S/C15H26N2/c1-11-9-13(10-16)7-8-14(11)17(6)12(2)15(3,4)5/h7-9,12H,10,16H2,1-6H3. The molecule has 1 rings (SSSR count). The first-order chi connectivity index (χ1) is 7.77. The van der Waals surface area contributed by atoms with Crippen molar-refractivity contribution in [3.8, 4) is 0 Å². The van der Waals surface area contributed by atoms with E-state index < -0.39 is 0 Å². The molecule has 0 fully saturated rings. The maximum atomic E-state index is 5.66. The number of hydrogen-bond donors (Lipinski definition) is 1. The lowest BCUT2D eigenvalue weighted by molar-refractivity contribution is 0.329. The molecular formula is C15H26N2. The van der Waals surface area contributed by atoms with E-state index in [1.807, 2.05) is 0 Å². The molecule has 1 unspecified atom stereocenters. The maximum Gasteiger partial charge on any atom is 0.0396 e. The molecule has 0 aliphatic carbocycles. The van der Waals surface area contributed by atoms with Gasteiger partial charge in [0.05, 0.1) is 0 Å². The predicted molar refractivity (Wildman–Crippen MR) is 76.4 cm³/mol. The van der Waals surface area contributed by atoms with Crippen LogP contribution in [0.2, 0.25) is 0 Å². The quantitative estimate of drug-likeness (QED) is 0.869. The van der Waals surface area contributed by atoms with E-state index >= 15 is 0 Å². The second kappa shape index (κ2) is 5.09. The van der Waals surface area contributed by atoms with E-state index in [9.17, 15) is 0 Å². The normalized spacial score (nSPS) is 13.6. The van der Waals surface area contributed by atoms with Crippen LogP contribution in [0.15, 0.2) is 18.2 Å². The Kier molecular flexibility index (Phi) is 4.21. The third kappa shape index (κ3) is 3.22. The molecule has 0 aromatic heterocycles. The Balaban J connectivity index is 3.01. The predicted octanol–water partition coefficient (Wildman–Crippen LogP) is 3.32. The van der Waals surface area contributed by atoms with Crippen LogP contribution in [0.4, 0.5) is 5.69 Å². The Labute approximate surface area is 106 Å². The summed E-state index contributed by atoms with van der Waals surface area (Å²) in [7, 11) is 2.17. The Bertz CT molecular complexity index is 377. The van der Waals surface area contributed by atoms with Crippen molar-refractivity contribution in [3.63, 3.8) is 0 Å². The average molecular weight is 234 g/mol. The van der Waals surface area contributed by atoms with Crippen molar-refractivity contribution < 1.29 is 0 Å². The molecule has 0 spiro atoms. The van der Waals surface area contributed by atoms with E-state index in [-0.39, 0.29) is 5.41 Å². The Morgan fingerprint density at radius 3 is 2.29 bits per heavy atom. The fourth-order valence-corrected chi connectivity index (χ4v) is 2.03. The largest absolute Gasteiger partial charge is 0.371 e. The van der Waals surface area contributed by atoms with Crippen molar-refractivity contribution in [3.05, 3.63) is 29.3 Å². The van der Waals surface area contributed by atoms with Gasteiger partial charge in [-0.15, -0.1) is 0 Å². The first-order valence-corrected chi connectivity index (χ1v) is 6.29. The molecule has 0 aliphatic heterocycles. The van der Waals surface area contributed by atoms with Gasteiger partial charge in [0, 0.05) is 25.3 Å². The van der Waals surface area contributed by atoms with Gasteiger partial charge < -0.3 is 10.6 Å². The van der Waals surface area contributed by atoms with Crippen LogP contribution in [0.5, 0.6) is 0 Å². The van der Waals surface area contributed by atoms with Gasteiger partial charge in [-0.25, -0.2) is 0 Å². The highest BCUT2D eigenvalue weighted by Gasteiger charge is 2.24. The van der Waals surface area contributed by atoms with E-state index in [1.54, 1.807) is 0 Å². The van der Waals surface area contributed by atoms with Gasteiger partial charge in [0.1, 0.15) is 0 Å². The Hall–Kier alpha value is -1.02. The van der Waals surface area contributed by atoms with Crippen LogP contribution in [0.25, 0.3) is 0 Å². The number of rotatable bonds is 3. The molecule has 1 aromatic carbocycles. The minimum Gasteiger partial charge on any atom is -0.371 e. The summed E-state index contributed by atoms with van der Waals surface area (Å²) in [6.07, 6.45) is 0. The number of nitrogens with zero attached hydrogens (tertiary/aromatic N) is 1. The molecule has 0 radical (unpaired) electrons. The molecule has 1 atom stereocenters. The minimum atomic E-state index is 0.272. The summed E-state index contributed by atoms with van der Waals surface area (Å²) in [5.41, 5.74) is 9.72. The molecule has 2 heteroatoms. The van der Waals surface area contributed by atoms with Crippen LogP contribution >= 0.6 is 0 Å². The zero-order valence-corrected chi connectivity index (χ0v) is 12.0. The first-order valence-electron chi connectivity index (χ1n) is 6.29. The molecule has 1 aromatic rings. The van der Waals surface area contributed by atoms with E-state index in [4.69, 9.17) is 5.73 Å². The van der Waals surface area contributed by atoms with E-state index in [0.717, 1.165) is 0 Å². The zero-order valence-electron chi connectivity index (χ0n) is 12.0. The lowest BCUT2D eigenvalue weighted by Gasteiger charge is -2.37. The van der Waals surface area contributed by atoms with Crippen LogP contribution in [0.3, 0.4) is 0 Å². The van der Waals surface area contributed by atoms with Gasteiger partial charge in [-0.05, 0) is 36.5 Å². The van der Waals surface area contributed by atoms with Crippen molar-refractivity contribution in [1.82, 2.24) is 0 Å². The summed E-state index contributed by atoms with van der Waals surface area (Å²) in [4.78, 5) is 2.36. The number of benzene rings is 1. The lowest BCUT2D eigenvalue weighted by atomic mass is 9.86. The summed E-state index contributed by atoms with van der Waals surface area (Å²) in [5, 5.41) is 0. The van der Waals surface area contributed by atoms with Crippen molar-refractivity contribution in [2.75, 3.05) is 11.9 Å². The van der Waals surface area contributed by atoms with Crippen LogP contribution in [0, 0.1) is 12.3 Å². The van der Waals surface area contributed by atoms with Crippen LogP contribution < -0.4 is 10.6 Å². The van der Waals surface area contributed by atoms with Gasteiger partial charge in [-0.1, -0.05) is 32.9 Å². The zero-order chi connectivity index (χ0) is 13.2. The molecule has 0 aliphatic rings. The molecule has 0 heterocycles. The van der Waals surface area contributed by atoms with E-state index in [1.165, 1.54) is 16.8 Å². The Morgan fingerprint density at radius 2 is 1.88 bits per heavy atom. The van der Waals surface area contributed by atoms with Gasteiger partial charge in [-0.3, -0.25) is 0 Å². The second-order valence-corrected chi connectivity index (χ2v) is 5.98. The minimum absolute atomic E-state index is 0.272. The van der Waals surface area contributed by atoms with Crippen LogP contribution in [0.1, 0.15) is 38.8 Å². The van der Waals surface area contributed by atoms with Crippen LogP contribution in [-0.2, 0) is 6.54 Å². The highest BCUT2D eigenvalue weighted by Crippen LogP contribution is 2.29.